The quantitative estimate of drug-likeness (QED) is 0.728. The van der Waals surface area contributed by atoms with E-state index in [1.165, 1.54) is 13.8 Å². The van der Waals surface area contributed by atoms with Crippen molar-refractivity contribution in [3.63, 3.8) is 0 Å². The Morgan fingerprint density at radius 2 is 1.76 bits per heavy atom. The second-order valence-electron chi connectivity index (χ2n) is 5.19. The van der Waals surface area contributed by atoms with E-state index in [9.17, 15) is 13.2 Å². The van der Waals surface area contributed by atoms with Gasteiger partial charge < -0.3 is 11.1 Å². The van der Waals surface area contributed by atoms with Crippen molar-refractivity contribution in [1.82, 2.24) is 5.32 Å². The molecule has 1 amide bonds. The van der Waals surface area contributed by atoms with Gasteiger partial charge in [-0.1, -0.05) is 6.92 Å². The van der Waals surface area contributed by atoms with Crippen molar-refractivity contribution in [2.45, 2.75) is 50.8 Å². The Hall–Kier alpha value is -0.620. The van der Waals surface area contributed by atoms with Crippen LogP contribution in [0.5, 0.6) is 0 Å². The van der Waals surface area contributed by atoms with E-state index >= 15 is 0 Å². The van der Waals surface area contributed by atoms with Crippen molar-refractivity contribution in [3.8, 4) is 0 Å². The molecule has 0 spiro atoms. The number of sulfone groups is 1. The molecule has 0 heterocycles. The molecule has 0 fully saturated rings. The number of hydrogen-bond acceptors (Lipinski definition) is 4. The van der Waals surface area contributed by atoms with Crippen LogP contribution in [0.15, 0.2) is 0 Å². The fraction of sp³-hybridized carbons (Fsp3) is 0.909. The van der Waals surface area contributed by atoms with Crippen LogP contribution in [-0.4, -0.2) is 37.4 Å². The molecule has 1 atom stereocenters. The first-order valence-electron chi connectivity index (χ1n) is 5.72. The first kappa shape index (κ1) is 16.4. The minimum atomic E-state index is -3.44. The fourth-order valence-corrected chi connectivity index (χ4v) is 1.63. The average Bonchev–Trinajstić information content (AvgIpc) is 2.16. The molecule has 0 saturated heterocycles. The third kappa shape index (κ3) is 3.96. The lowest BCUT2D eigenvalue weighted by Gasteiger charge is -2.33. The lowest BCUT2D eigenvalue weighted by atomic mass is 9.93. The summed E-state index contributed by atoms with van der Waals surface area (Å²) < 4.78 is 21.7. The minimum Gasteiger partial charge on any atom is -0.350 e. The van der Waals surface area contributed by atoms with E-state index in [0.717, 1.165) is 6.26 Å². The third-order valence-electron chi connectivity index (χ3n) is 3.37. The van der Waals surface area contributed by atoms with Gasteiger partial charge in [0.15, 0.2) is 9.84 Å². The monoisotopic (exact) mass is 264 g/mol. The minimum absolute atomic E-state index is 0.448. The standard InChI is InChI=1S/C11H24N2O3S/c1-6-11(4,7-8-12)13-9(14)10(2,3)17(5,15)16/h6-8,12H2,1-5H3,(H,13,14). The SMILES string of the molecule is CCC(C)(CCN)NC(=O)C(C)(C)S(C)(=O)=O. The summed E-state index contributed by atoms with van der Waals surface area (Å²) in [4.78, 5) is 12.0. The van der Waals surface area contributed by atoms with Crippen LogP contribution in [0.4, 0.5) is 0 Å². The van der Waals surface area contributed by atoms with Gasteiger partial charge in [0.1, 0.15) is 4.75 Å². The molecule has 6 heteroatoms. The molecule has 5 nitrogen and oxygen atoms in total. The van der Waals surface area contributed by atoms with E-state index in [1.807, 2.05) is 13.8 Å². The highest BCUT2D eigenvalue weighted by Crippen LogP contribution is 2.20. The summed E-state index contributed by atoms with van der Waals surface area (Å²) in [6, 6.07) is 0. The van der Waals surface area contributed by atoms with E-state index in [0.29, 0.717) is 19.4 Å². The van der Waals surface area contributed by atoms with Crippen LogP contribution in [0.2, 0.25) is 0 Å². The predicted molar refractivity (Wildman–Crippen MR) is 69.4 cm³/mol. The molecule has 0 aromatic heterocycles. The molecular formula is C11H24N2O3S. The largest absolute Gasteiger partial charge is 0.350 e. The smallest absolute Gasteiger partial charge is 0.241 e. The second kappa shape index (κ2) is 5.35. The molecule has 0 aliphatic heterocycles. The third-order valence-corrected chi connectivity index (χ3v) is 5.40. The van der Waals surface area contributed by atoms with Crippen LogP contribution in [0, 0.1) is 0 Å². The number of nitrogens with two attached hydrogens (primary N) is 1. The summed E-state index contributed by atoms with van der Waals surface area (Å²) in [5.74, 6) is -0.474. The lowest BCUT2D eigenvalue weighted by molar-refractivity contribution is -0.124. The summed E-state index contributed by atoms with van der Waals surface area (Å²) in [5, 5.41) is 2.79. The topological polar surface area (TPSA) is 89.3 Å². The van der Waals surface area contributed by atoms with Crippen LogP contribution in [-0.2, 0) is 14.6 Å². The zero-order valence-electron chi connectivity index (χ0n) is 11.3. The van der Waals surface area contributed by atoms with Gasteiger partial charge in [0.05, 0.1) is 0 Å². The van der Waals surface area contributed by atoms with Gasteiger partial charge in [-0.2, -0.15) is 0 Å². The lowest BCUT2D eigenvalue weighted by Crippen LogP contribution is -2.56. The van der Waals surface area contributed by atoms with Crippen LogP contribution >= 0.6 is 0 Å². The van der Waals surface area contributed by atoms with Gasteiger partial charge in [0.25, 0.3) is 0 Å². The molecule has 102 valence electrons. The molecule has 0 bridgehead atoms. The molecule has 0 radical (unpaired) electrons. The molecule has 0 aromatic carbocycles. The zero-order chi connectivity index (χ0) is 13.9. The Bertz CT molecular complexity index is 376. The van der Waals surface area contributed by atoms with Gasteiger partial charge in [0, 0.05) is 11.8 Å². The Balaban J connectivity index is 4.98. The molecule has 0 aromatic rings. The first-order valence-corrected chi connectivity index (χ1v) is 7.61. The van der Waals surface area contributed by atoms with Crippen LogP contribution in [0.25, 0.3) is 0 Å². The molecule has 1 unspecified atom stereocenters. The van der Waals surface area contributed by atoms with Crippen LogP contribution in [0.3, 0.4) is 0 Å². The molecule has 0 saturated carbocycles. The van der Waals surface area contributed by atoms with Gasteiger partial charge >= 0.3 is 0 Å². The molecule has 17 heavy (non-hydrogen) atoms. The summed E-state index contributed by atoms with van der Waals surface area (Å²) in [5.41, 5.74) is 5.04. The van der Waals surface area contributed by atoms with Gasteiger partial charge in [-0.3, -0.25) is 4.79 Å². The summed E-state index contributed by atoms with van der Waals surface area (Å²) in [7, 11) is -3.44. The van der Waals surface area contributed by atoms with Crippen molar-refractivity contribution < 1.29 is 13.2 Å². The Kier molecular flexibility index (Phi) is 5.16. The normalized spacial score (nSPS) is 16.4. The highest BCUT2D eigenvalue weighted by atomic mass is 32.2. The van der Waals surface area contributed by atoms with Crippen molar-refractivity contribution in [3.05, 3.63) is 0 Å². The van der Waals surface area contributed by atoms with Crippen molar-refractivity contribution in [2.75, 3.05) is 12.8 Å². The van der Waals surface area contributed by atoms with E-state index in [4.69, 9.17) is 5.73 Å². The van der Waals surface area contributed by atoms with Crippen molar-refractivity contribution in [1.29, 1.82) is 0 Å². The molecule has 0 aliphatic carbocycles. The van der Waals surface area contributed by atoms with Gasteiger partial charge in [-0.05, 0) is 40.2 Å². The van der Waals surface area contributed by atoms with E-state index in [2.05, 4.69) is 5.32 Å². The summed E-state index contributed by atoms with van der Waals surface area (Å²) in [6.45, 7) is 7.08. The van der Waals surface area contributed by atoms with E-state index < -0.39 is 26.0 Å². The van der Waals surface area contributed by atoms with Gasteiger partial charge in [-0.15, -0.1) is 0 Å². The highest BCUT2D eigenvalue weighted by Gasteiger charge is 2.40. The zero-order valence-corrected chi connectivity index (χ0v) is 12.1. The molecule has 0 aliphatic rings. The molecular weight excluding hydrogens is 240 g/mol. The van der Waals surface area contributed by atoms with E-state index in [-0.39, 0.29) is 0 Å². The Morgan fingerprint density at radius 3 is 2.06 bits per heavy atom. The molecule has 3 N–H and O–H groups in total. The number of amides is 1. The van der Waals surface area contributed by atoms with Crippen LogP contribution < -0.4 is 11.1 Å². The maximum Gasteiger partial charge on any atom is 0.241 e. The Morgan fingerprint density at radius 1 is 1.29 bits per heavy atom. The van der Waals surface area contributed by atoms with Crippen molar-refractivity contribution >= 4 is 15.7 Å². The van der Waals surface area contributed by atoms with Crippen LogP contribution in [0.1, 0.15) is 40.5 Å². The Labute approximate surface area is 104 Å². The van der Waals surface area contributed by atoms with Gasteiger partial charge in [-0.25, -0.2) is 8.42 Å². The van der Waals surface area contributed by atoms with Gasteiger partial charge in [0.2, 0.25) is 5.91 Å². The average molecular weight is 264 g/mol. The summed E-state index contributed by atoms with van der Waals surface area (Å²) in [6.07, 6.45) is 2.39. The van der Waals surface area contributed by atoms with Crippen molar-refractivity contribution in [2.24, 2.45) is 5.73 Å². The second-order valence-corrected chi connectivity index (χ2v) is 7.75. The fourth-order valence-electron chi connectivity index (χ4n) is 1.24. The predicted octanol–water partition coefficient (Wildman–Crippen LogP) is 0.443. The first-order chi connectivity index (χ1) is 7.50. The number of carbonyl (C=O) groups is 1. The number of hydrogen-bond donors (Lipinski definition) is 2. The number of carbonyl (C=O) groups excluding carboxylic acids is 1. The summed E-state index contributed by atoms with van der Waals surface area (Å²) >= 11 is 0. The maximum atomic E-state index is 12.0. The number of nitrogens with one attached hydrogen (secondary N) is 1. The molecule has 0 rings (SSSR count). The van der Waals surface area contributed by atoms with E-state index in [1.54, 1.807) is 0 Å². The highest BCUT2D eigenvalue weighted by molar-refractivity contribution is 7.92. The number of rotatable bonds is 6. The maximum absolute atomic E-state index is 12.0.